The van der Waals surface area contributed by atoms with Crippen LogP contribution in [0.5, 0.6) is 0 Å². The number of aromatic nitrogens is 2. The largest absolute Gasteiger partial charge is 0.348 e. The minimum absolute atomic E-state index is 0.00121. The first-order chi connectivity index (χ1) is 12.4. The highest BCUT2D eigenvalue weighted by atomic mass is 32.2. The summed E-state index contributed by atoms with van der Waals surface area (Å²) in [5.41, 5.74) is 1.20. The van der Waals surface area contributed by atoms with Crippen LogP contribution >= 0.6 is 23.1 Å². The Bertz CT molecular complexity index is 898. The maximum absolute atomic E-state index is 13.2. The summed E-state index contributed by atoms with van der Waals surface area (Å²) in [5, 5.41) is 1.08. The van der Waals surface area contributed by atoms with E-state index < -0.39 is 0 Å². The summed E-state index contributed by atoms with van der Waals surface area (Å²) >= 11 is 3.00. The van der Waals surface area contributed by atoms with E-state index in [0.717, 1.165) is 29.5 Å². The fourth-order valence-corrected chi connectivity index (χ4v) is 5.71. The van der Waals surface area contributed by atoms with Gasteiger partial charge in [-0.15, -0.1) is 17.9 Å². The molecule has 0 spiro atoms. The molecule has 2 aromatic rings. The van der Waals surface area contributed by atoms with Crippen LogP contribution in [0, 0.1) is 0 Å². The molecule has 1 aliphatic carbocycles. The summed E-state index contributed by atoms with van der Waals surface area (Å²) in [6, 6.07) is 0. The topological polar surface area (TPSA) is 55.2 Å². The molecule has 1 aliphatic rings. The van der Waals surface area contributed by atoms with Gasteiger partial charge in [-0.2, -0.15) is 0 Å². The molecular weight excluding hydrogens is 366 g/mol. The maximum atomic E-state index is 13.2. The van der Waals surface area contributed by atoms with Crippen molar-refractivity contribution >= 4 is 39.2 Å². The lowest BCUT2D eigenvalue weighted by Gasteiger charge is -2.17. The van der Waals surface area contributed by atoms with Crippen molar-refractivity contribution in [1.29, 1.82) is 0 Å². The number of amides is 1. The highest BCUT2D eigenvalue weighted by Gasteiger charge is 2.24. The predicted molar refractivity (Wildman–Crippen MR) is 109 cm³/mol. The van der Waals surface area contributed by atoms with Crippen LogP contribution in [0.4, 0.5) is 0 Å². The highest BCUT2D eigenvalue weighted by molar-refractivity contribution is 8.00. The summed E-state index contributed by atoms with van der Waals surface area (Å²) in [7, 11) is 3.48. The number of allylic oxidation sites excluding steroid dienone is 1. The number of fused-ring (bicyclic) bond motifs is 3. The number of carbonyl (C=O) groups is 1. The fourth-order valence-electron chi connectivity index (χ4n) is 3.35. The van der Waals surface area contributed by atoms with Crippen LogP contribution in [-0.2, 0) is 24.2 Å². The van der Waals surface area contributed by atoms with Gasteiger partial charge in [-0.25, -0.2) is 4.98 Å². The van der Waals surface area contributed by atoms with Gasteiger partial charge in [0.05, 0.1) is 10.6 Å². The van der Waals surface area contributed by atoms with Crippen LogP contribution in [0.1, 0.15) is 36.6 Å². The molecule has 26 heavy (non-hydrogen) atoms. The molecule has 0 aromatic carbocycles. The second kappa shape index (κ2) is 7.96. The third kappa shape index (κ3) is 3.60. The van der Waals surface area contributed by atoms with Crippen molar-refractivity contribution in [2.75, 3.05) is 14.1 Å². The summed E-state index contributed by atoms with van der Waals surface area (Å²) in [4.78, 5) is 34.0. The maximum Gasteiger partial charge on any atom is 0.263 e. The second-order valence-electron chi connectivity index (χ2n) is 6.84. The van der Waals surface area contributed by atoms with Crippen molar-refractivity contribution in [3.05, 3.63) is 33.4 Å². The number of hydrogen-bond acceptors (Lipinski definition) is 5. The molecule has 2 heterocycles. The van der Waals surface area contributed by atoms with Crippen molar-refractivity contribution in [3.63, 3.8) is 0 Å². The molecule has 0 N–H and O–H groups in total. The minimum Gasteiger partial charge on any atom is -0.348 e. The van der Waals surface area contributed by atoms with Gasteiger partial charge in [-0.05, 0) is 38.2 Å². The van der Waals surface area contributed by atoms with E-state index in [1.165, 1.54) is 35.0 Å². The van der Waals surface area contributed by atoms with Crippen molar-refractivity contribution in [3.8, 4) is 0 Å². The molecule has 0 aliphatic heterocycles. The van der Waals surface area contributed by atoms with E-state index in [4.69, 9.17) is 4.98 Å². The van der Waals surface area contributed by atoms with E-state index in [1.54, 1.807) is 41.0 Å². The van der Waals surface area contributed by atoms with Crippen LogP contribution in [0.2, 0.25) is 0 Å². The normalized spacial score (nSPS) is 15.3. The van der Waals surface area contributed by atoms with Gasteiger partial charge in [-0.3, -0.25) is 14.2 Å². The Balaban J connectivity index is 2.11. The van der Waals surface area contributed by atoms with Gasteiger partial charge in [0.1, 0.15) is 4.83 Å². The van der Waals surface area contributed by atoms with Crippen molar-refractivity contribution in [2.24, 2.45) is 0 Å². The Morgan fingerprint density at radius 3 is 2.81 bits per heavy atom. The first-order valence-electron chi connectivity index (χ1n) is 8.97. The first-order valence-corrected chi connectivity index (χ1v) is 10.7. The molecular formula is C19H25N3O2S2. The van der Waals surface area contributed by atoms with Gasteiger partial charge in [0, 0.05) is 25.5 Å². The third-order valence-corrected chi connectivity index (χ3v) is 6.94. The quantitative estimate of drug-likeness (QED) is 0.339. The first kappa shape index (κ1) is 19.2. The Hall–Kier alpha value is -1.60. The monoisotopic (exact) mass is 391 g/mol. The molecule has 0 saturated heterocycles. The number of hydrogen-bond donors (Lipinski definition) is 0. The van der Waals surface area contributed by atoms with E-state index in [-0.39, 0.29) is 16.7 Å². The average Bonchev–Trinajstić information content (AvgIpc) is 2.79. The second-order valence-corrected chi connectivity index (χ2v) is 9.23. The standard InChI is InChI=1S/C19H25N3O2S2/c1-5-11-22-18(24)15-13-9-7-6-8-10-14(13)26-16(15)20-19(22)25-12(2)17(23)21(3)4/h5,12H,1,6-11H2,2-4H3/t12-/m1/s1. The summed E-state index contributed by atoms with van der Waals surface area (Å²) in [6.45, 7) is 6.03. The van der Waals surface area contributed by atoms with Crippen molar-refractivity contribution in [1.82, 2.24) is 14.5 Å². The number of carbonyl (C=O) groups excluding carboxylic acids is 1. The van der Waals surface area contributed by atoms with Gasteiger partial charge in [0.25, 0.3) is 5.56 Å². The van der Waals surface area contributed by atoms with E-state index in [1.807, 2.05) is 6.92 Å². The molecule has 7 heteroatoms. The Kier molecular flexibility index (Phi) is 5.87. The molecule has 2 aromatic heterocycles. The van der Waals surface area contributed by atoms with Crippen LogP contribution in [0.15, 0.2) is 22.6 Å². The molecule has 140 valence electrons. The third-order valence-electron chi connectivity index (χ3n) is 4.67. The molecule has 1 amide bonds. The predicted octanol–water partition coefficient (Wildman–Crippen LogP) is 3.48. The lowest BCUT2D eigenvalue weighted by molar-refractivity contribution is -0.127. The lowest BCUT2D eigenvalue weighted by Crippen LogP contribution is -2.31. The van der Waals surface area contributed by atoms with Gasteiger partial charge >= 0.3 is 0 Å². The molecule has 0 fully saturated rings. The van der Waals surface area contributed by atoms with Gasteiger partial charge in [0.15, 0.2) is 5.16 Å². The smallest absolute Gasteiger partial charge is 0.263 e. The number of thiophene rings is 1. The van der Waals surface area contributed by atoms with Crippen LogP contribution < -0.4 is 5.56 Å². The number of aryl methyl sites for hydroxylation is 2. The fraction of sp³-hybridized carbons (Fsp3) is 0.526. The molecule has 1 atom stereocenters. The molecule has 0 bridgehead atoms. The van der Waals surface area contributed by atoms with E-state index in [0.29, 0.717) is 11.7 Å². The molecule has 0 saturated carbocycles. The molecule has 0 unspecified atom stereocenters. The van der Waals surface area contributed by atoms with Crippen LogP contribution in [0.25, 0.3) is 10.2 Å². The molecule has 5 nitrogen and oxygen atoms in total. The van der Waals surface area contributed by atoms with Gasteiger partial charge < -0.3 is 4.90 Å². The van der Waals surface area contributed by atoms with Crippen molar-refractivity contribution < 1.29 is 4.79 Å². The van der Waals surface area contributed by atoms with E-state index in [9.17, 15) is 9.59 Å². The van der Waals surface area contributed by atoms with Crippen molar-refractivity contribution in [2.45, 2.75) is 56.0 Å². The summed E-state index contributed by atoms with van der Waals surface area (Å²) < 4.78 is 1.66. The van der Waals surface area contributed by atoms with Crippen LogP contribution in [0.3, 0.4) is 0 Å². The number of nitrogens with zero attached hydrogens (tertiary/aromatic N) is 3. The van der Waals surface area contributed by atoms with Gasteiger partial charge in [0.2, 0.25) is 5.91 Å². The molecule has 3 rings (SSSR count). The highest BCUT2D eigenvalue weighted by Crippen LogP contribution is 2.34. The Morgan fingerprint density at radius 2 is 2.12 bits per heavy atom. The van der Waals surface area contributed by atoms with E-state index in [2.05, 4.69) is 6.58 Å². The lowest BCUT2D eigenvalue weighted by atomic mass is 10.1. The number of rotatable bonds is 5. The Morgan fingerprint density at radius 1 is 1.38 bits per heavy atom. The van der Waals surface area contributed by atoms with E-state index >= 15 is 0 Å². The average molecular weight is 392 g/mol. The zero-order valence-electron chi connectivity index (χ0n) is 15.6. The SMILES string of the molecule is C=CCn1c(S[C@H](C)C(=O)N(C)C)nc2sc3c(c2c1=O)CCCCC3. The zero-order chi connectivity index (χ0) is 18.8. The molecule has 0 radical (unpaired) electrons. The Labute approximate surface area is 162 Å². The van der Waals surface area contributed by atoms with Gasteiger partial charge in [-0.1, -0.05) is 24.3 Å². The number of thioether (sulfide) groups is 1. The summed E-state index contributed by atoms with van der Waals surface area (Å²) in [5.74, 6) is 0.0106. The minimum atomic E-state index is -0.303. The zero-order valence-corrected chi connectivity index (χ0v) is 17.2. The summed E-state index contributed by atoms with van der Waals surface area (Å²) in [6.07, 6.45) is 7.23. The van der Waals surface area contributed by atoms with Crippen LogP contribution in [-0.4, -0.2) is 39.7 Å².